The van der Waals surface area contributed by atoms with Crippen molar-refractivity contribution in [3.63, 3.8) is 0 Å². The van der Waals surface area contributed by atoms with Crippen LogP contribution < -0.4 is 16.0 Å². The summed E-state index contributed by atoms with van der Waals surface area (Å²) in [6.07, 6.45) is 3.06. The van der Waals surface area contributed by atoms with Gasteiger partial charge in [-0.25, -0.2) is 0 Å². The van der Waals surface area contributed by atoms with Crippen LogP contribution in [-0.4, -0.2) is 53.1 Å². The summed E-state index contributed by atoms with van der Waals surface area (Å²) in [5.74, 6) is -2.52. The first-order valence-electron chi connectivity index (χ1n) is 10.7. The third kappa shape index (κ3) is 6.76. The van der Waals surface area contributed by atoms with Gasteiger partial charge in [0.15, 0.2) is 0 Å². The standard InChI is InChI=1S/C23H30N4O5/c1-5-16-6-8-17(9-7-16)25-22(31)15(4)24-23(32)21(14(2)3)26-18(28)12-13-27-19(29)10-11-20(27)30/h6-11,14-15,21H,5,12-13H2,1-4H3,(H,24,32)(H,25,31)(H,26,28)/t15-,21?/m0/s1. The van der Waals surface area contributed by atoms with Gasteiger partial charge in [0.2, 0.25) is 17.7 Å². The van der Waals surface area contributed by atoms with Crippen LogP contribution in [0.15, 0.2) is 36.4 Å². The van der Waals surface area contributed by atoms with Crippen molar-refractivity contribution < 1.29 is 24.0 Å². The lowest BCUT2D eigenvalue weighted by Gasteiger charge is -2.24. The zero-order valence-electron chi connectivity index (χ0n) is 18.8. The number of amides is 5. The van der Waals surface area contributed by atoms with Crippen molar-refractivity contribution in [3.05, 3.63) is 42.0 Å². The normalized spacial score (nSPS) is 15.0. The minimum atomic E-state index is -0.871. The molecule has 2 atom stereocenters. The average Bonchev–Trinajstić information content (AvgIpc) is 3.07. The Morgan fingerprint density at radius 3 is 2.03 bits per heavy atom. The molecule has 0 aromatic heterocycles. The van der Waals surface area contributed by atoms with Gasteiger partial charge in [0, 0.05) is 30.8 Å². The Morgan fingerprint density at radius 1 is 0.906 bits per heavy atom. The van der Waals surface area contributed by atoms with Crippen molar-refractivity contribution in [2.24, 2.45) is 5.92 Å². The van der Waals surface area contributed by atoms with E-state index in [9.17, 15) is 24.0 Å². The van der Waals surface area contributed by atoms with Crippen molar-refractivity contribution in [2.75, 3.05) is 11.9 Å². The topological polar surface area (TPSA) is 125 Å². The Bertz CT molecular complexity index is 889. The van der Waals surface area contributed by atoms with E-state index in [2.05, 4.69) is 16.0 Å². The number of carbonyl (C=O) groups is 5. The summed E-state index contributed by atoms with van der Waals surface area (Å²) in [6.45, 7) is 7.06. The van der Waals surface area contributed by atoms with Crippen LogP contribution in [0, 0.1) is 5.92 Å². The second-order valence-electron chi connectivity index (χ2n) is 7.97. The summed E-state index contributed by atoms with van der Waals surface area (Å²) in [5, 5.41) is 8.00. The molecule has 32 heavy (non-hydrogen) atoms. The molecule has 1 aromatic rings. The predicted molar refractivity (Wildman–Crippen MR) is 119 cm³/mol. The van der Waals surface area contributed by atoms with E-state index >= 15 is 0 Å². The van der Waals surface area contributed by atoms with Crippen LogP contribution in [0.4, 0.5) is 5.69 Å². The predicted octanol–water partition coefficient (Wildman–Crippen LogP) is 1.15. The van der Waals surface area contributed by atoms with E-state index in [0.717, 1.165) is 29.0 Å². The number of rotatable bonds is 10. The lowest BCUT2D eigenvalue weighted by atomic mass is 10.0. The molecule has 0 bridgehead atoms. The summed E-state index contributed by atoms with van der Waals surface area (Å²) in [5.41, 5.74) is 1.78. The van der Waals surface area contributed by atoms with Crippen LogP contribution in [0.5, 0.6) is 0 Å². The maximum atomic E-state index is 12.7. The number of nitrogens with zero attached hydrogens (tertiary/aromatic N) is 1. The van der Waals surface area contributed by atoms with E-state index in [1.165, 1.54) is 0 Å². The van der Waals surface area contributed by atoms with Crippen LogP contribution in [0.25, 0.3) is 0 Å². The minimum Gasteiger partial charge on any atom is -0.344 e. The molecule has 5 amide bonds. The fourth-order valence-corrected chi connectivity index (χ4v) is 3.09. The maximum Gasteiger partial charge on any atom is 0.253 e. The second-order valence-corrected chi connectivity index (χ2v) is 7.97. The van der Waals surface area contributed by atoms with Crippen molar-refractivity contribution in [3.8, 4) is 0 Å². The molecular formula is C23H30N4O5. The van der Waals surface area contributed by atoms with E-state index in [-0.39, 0.29) is 24.8 Å². The zero-order valence-corrected chi connectivity index (χ0v) is 18.8. The molecule has 3 N–H and O–H groups in total. The lowest BCUT2D eigenvalue weighted by molar-refractivity contribution is -0.137. The summed E-state index contributed by atoms with van der Waals surface area (Å²) >= 11 is 0. The number of imide groups is 1. The van der Waals surface area contributed by atoms with Gasteiger partial charge in [-0.2, -0.15) is 0 Å². The van der Waals surface area contributed by atoms with Gasteiger partial charge in [0.05, 0.1) is 0 Å². The Kier molecular flexibility index (Phi) is 8.69. The largest absolute Gasteiger partial charge is 0.344 e. The molecule has 0 saturated heterocycles. The Morgan fingerprint density at radius 2 is 1.50 bits per heavy atom. The van der Waals surface area contributed by atoms with Gasteiger partial charge in [-0.05, 0) is 37.0 Å². The number of hydrogen-bond donors (Lipinski definition) is 3. The van der Waals surface area contributed by atoms with Gasteiger partial charge in [-0.15, -0.1) is 0 Å². The van der Waals surface area contributed by atoms with Crippen LogP contribution >= 0.6 is 0 Å². The molecule has 0 fully saturated rings. The highest BCUT2D eigenvalue weighted by Crippen LogP contribution is 2.11. The van der Waals surface area contributed by atoms with Crippen LogP contribution in [-0.2, 0) is 30.4 Å². The van der Waals surface area contributed by atoms with Gasteiger partial charge in [0.25, 0.3) is 11.8 Å². The fraction of sp³-hybridized carbons (Fsp3) is 0.435. The molecule has 0 saturated carbocycles. The number of benzene rings is 1. The van der Waals surface area contributed by atoms with Crippen molar-refractivity contribution >= 4 is 35.2 Å². The van der Waals surface area contributed by atoms with Crippen LogP contribution in [0.3, 0.4) is 0 Å². The van der Waals surface area contributed by atoms with Gasteiger partial charge in [0.1, 0.15) is 12.1 Å². The number of nitrogens with one attached hydrogen (secondary N) is 3. The number of aryl methyl sites for hydroxylation is 1. The van der Waals surface area contributed by atoms with E-state index in [1.54, 1.807) is 32.9 Å². The monoisotopic (exact) mass is 442 g/mol. The molecule has 9 heteroatoms. The molecule has 1 aliphatic rings. The Hall–Kier alpha value is -3.49. The highest BCUT2D eigenvalue weighted by atomic mass is 16.2. The summed E-state index contributed by atoms with van der Waals surface area (Å²) in [6, 6.07) is 5.74. The first-order valence-corrected chi connectivity index (χ1v) is 10.7. The molecule has 0 aliphatic carbocycles. The van der Waals surface area contributed by atoms with Crippen LogP contribution in [0.1, 0.15) is 39.7 Å². The Labute approximate surface area is 187 Å². The summed E-state index contributed by atoms with van der Waals surface area (Å²) in [4.78, 5) is 61.5. The molecule has 1 heterocycles. The van der Waals surface area contributed by atoms with Crippen molar-refractivity contribution in [1.29, 1.82) is 0 Å². The Balaban J connectivity index is 1.87. The van der Waals surface area contributed by atoms with E-state index < -0.39 is 35.7 Å². The minimum absolute atomic E-state index is 0.0709. The molecule has 1 aliphatic heterocycles. The highest BCUT2D eigenvalue weighted by molar-refractivity contribution is 6.13. The lowest BCUT2D eigenvalue weighted by Crippen LogP contribution is -2.54. The number of carbonyl (C=O) groups excluding carboxylic acids is 5. The van der Waals surface area contributed by atoms with E-state index in [4.69, 9.17) is 0 Å². The van der Waals surface area contributed by atoms with Crippen molar-refractivity contribution in [1.82, 2.24) is 15.5 Å². The third-order valence-corrected chi connectivity index (χ3v) is 5.11. The third-order valence-electron chi connectivity index (χ3n) is 5.11. The molecule has 1 unspecified atom stereocenters. The summed E-state index contributed by atoms with van der Waals surface area (Å²) in [7, 11) is 0. The molecule has 172 valence electrons. The maximum absolute atomic E-state index is 12.7. The van der Waals surface area contributed by atoms with Gasteiger partial charge in [-0.1, -0.05) is 32.9 Å². The molecule has 2 rings (SSSR count). The molecule has 1 aromatic carbocycles. The van der Waals surface area contributed by atoms with E-state index in [0.29, 0.717) is 5.69 Å². The first kappa shape index (κ1) is 24.8. The molecule has 0 spiro atoms. The van der Waals surface area contributed by atoms with E-state index in [1.807, 2.05) is 19.1 Å². The number of anilines is 1. The fourth-order valence-electron chi connectivity index (χ4n) is 3.09. The van der Waals surface area contributed by atoms with Gasteiger partial charge >= 0.3 is 0 Å². The molecule has 9 nitrogen and oxygen atoms in total. The van der Waals surface area contributed by atoms with Crippen molar-refractivity contribution in [2.45, 2.75) is 52.6 Å². The smallest absolute Gasteiger partial charge is 0.253 e. The van der Waals surface area contributed by atoms with Gasteiger partial charge < -0.3 is 16.0 Å². The quantitative estimate of drug-likeness (QED) is 0.469. The SMILES string of the molecule is CCc1ccc(NC(=O)[C@H](C)NC(=O)C(NC(=O)CCN2C(=O)C=CC2=O)C(C)C)cc1. The molecular weight excluding hydrogens is 412 g/mol. The first-order chi connectivity index (χ1) is 15.1. The second kappa shape index (κ2) is 11.2. The summed E-state index contributed by atoms with van der Waals surface area (Å²) < 4.78 is 0. The highest BCUT2D eigenvalue weighted by Gasteiger charge is 2.28. The average molecular weight is 443 g/mol. The number of hydrogen-bond acceptors (Lipinski definition) is 5. The van der Waals surface area contributed by atoms with Crippen LogP contribution in [0.2, 0.25) is 0 Å². The van der Waals surface area contributed by atoms with Gasteiger partial charge in [-0.3, -0.25) is 28.9 Å². The zero-order chi connectivity index (χ0) is 23.8. The molecule has 0 radical (unpaired) electrons.